The first-order valence-electron chi connectivity index (χ1n) is 6.10. The van der Waals surface area contributed by atoms with Crippen LogP contribution in [0.25, 0.3) is 0 Å². The van der Waals surface area contributed by atoms with Gasteiger partial charge in [0.25, 0.3) is 5.91 Å². The molecule has 5 nitrogen and oxygen atoms in total. The largest absolute Gasteiger partial charge is 0.484 e. The van der Waals surface area contributed by atoms with Gasteiger partial charge in [-0.2, -0.15) is 0 Å². The molecule has 1 amide bonds. The normalized spacial score (nSPS) is 22.3. The number of likely N-dealkylation sites (N-methyl/N-ethyl adjacent to an activating group) is 1. The second-order valence-corrected chi connectivity index (χ2v) is 4.98. The summed E-state index contributed by atoms with van der Waals surface area (Å²) in [7, 11) is 1.67. The summed E-state index contributed by atoms with van der Waals surface area (Å²) in [6.45, 7) is 1.04. The Kier molecular flexibility index (Phi) is 4.63. The zero-order valence-corrected chi connectivity index (χ0v) is 11.4. The average Bonchev–Trinajstić information content (AvgIpc) is 2.81. The van der Waals surface area contributed by atoms with E-state index in [0.717, 1.165) is 0 Å². The topological polar surface area (TPSA) is 61.8 Å². The number of aliphatic hydroxyl groups excluding tert-OH is 1. The van der Waals surface area contributed by atoms with Crippen molar-refractivity contribution in [1.29, 1.82) is 0 Å². The van der Waals surface area contributed by atoms with Crippen LogP contribution in [0.5, 0.6) is 5.75 Å². The molecule has 0 radical (unpaired) electrons. The van der Waals surface area contributed by atoms with E-state index in [1.165, 1.54) is 4.90 Å². The van der Waals surface area contributed by atoms with E-state index in [0.29, 0.717) is 23.9 Å². The highest BCUT2D eigenvalue weighted by molar-refractivity contribution is 6.30. The van der Waals surface area contributed by atoms with Gasteiger partial charge in [0.1, 0.15) is 5.75 Å². The minimum absolute atomic E-state index is 0.0694. The Morgan fingerprint density at radius 1 is 1.58 bits per heavy atom. The first-order valence-corrected chi connectivity index (χ1v) is 6.48. The molecule has 0 spiro atoms. The minimum Gasteiger partial charge on any atom is -0.484 e. The van der Waals surface area contributed by atoms with E-state index in [9.17, 15) is 9.90 Å². The van der Waals surface area contributed by atoms with Crippen molar-refractivity contribution in [3.05, 3.63) is 29.3 Å². The van der Waals surface area contributed by atoms with Gasteiger partial charge < -0.3 is 20.1 Å². The van der Waals surface area contributed by atoms with E-state index in [1.807, 2.05) is 0 Å². The number of hydrogen-bond donors (Lipinski definition) is 2. The van der Waals surface area contributed by atoms with E-state index in [-0.39, 0.29) is 18.6 Å². The summed E-state index contributed by atoms with van der Waals surface area (Å²) >= 11 is 5.83. The lowest BCUT2D eigenvalue weighted by Gasteiger charge is -2.26. The molecule has 6 heteroatoms. The van der Waals surface area contributed by atoms with Crippen molar-refractivity contribution < 1.29 is 14.6 Å². The molecule has 19 heavy (non-hydrogen) atoms. The molecule has 0 unspecified atom stereocenters. The summed E-state index contributed by atoms with van der Waals surface area (Å²) in [6, 6.07) is 6.70. The number of aliphatic hydroxyl groups is 1. The van der Waals surface area contributed by atoms with Gasteiger partial charge in [-0.1, -0.05) is 17.7 Å². The molecule has 2 N–H and O–H groups in total. The van der Waals surface area contributed by atoms with Gasteiger partial charge in [0.05, 0.1) is 12.1 Å². The number of halogens is 1. The van der Waals surface area contributed by atoms with Crippen molar-refractivity contribution >= 4 is 17.5 Å². The van der Waals surface area contributed by atoms with Crippen molar-refractivity contribution in [2.45, 2.75) is 12.1 Å². The molecule has 0 saturated carbocycles. The van der Waals surface area contributed by atoms with Gasteiger partial charge in [-0.15, -0.1) is 0 Å². The van der Waals surface area contributed by atoms with E-state index in [1.54, 1.807) is 31.3 Å². The number of rotatable bonds is 4. The molecule has 1 heterocycles. The Morgan fingerprint density at radius 2 is 2.37 bits per heavy atom. The van der Waals surface area contributed by atoms with Crippen LogP contribution in [0, 0.1) is 0 Å². The molecule has 0 aliphatic carbocycles. The number of amides is 1. The van der Waals surface area contributed by atoms with E-state index in [2.05, 4.69) is 5.32 Å². The number of benzene rings is 1. The molecule has 2 atom stereocenters. The second-order valence-electron chi connectivity index (χ2n) is 4.54. The summed E-state index contributed by atoms with van der Waals surface area (Å²) < 4.78 is 5.39. The fraction of sp³-hybridized carbons (Fsp3) is 0.462. The molecule has 2 rings (SSSR count). The predicted molar refractivity (Wildman–Crippen MR) is 72.4 cm³/mol. The van der Waals surface area contributed by atoms with E-state index in [4.69, 9.17) is 16.3 Å². The highest BCUT2D eigenvalue weighted by Gasteiger charge is 2.31. The van der Waals surface area contributed by atoms with Crippen LogP contribution in [-0.4, -0.2) is 54.8 Å². The van der Waals surface area contributed by atoms with Gasteiger partial charge in [0.2, 0.25) is 0 Å². The summed E-state index contributed by atoms with van der Waals surface area (Å²) in [5.74, 6) is 0.382. The summed E-state index contributed by atoms with van der Waals surface area (Å²) in [5.41, 5.74) is 0. The van der Waals surface area contributed by atoms with Crippen LogP contribution in [0.1, 0.15) is 0 Å². The van der Waals surface area contributed by atoms with Crippen LogP contribution in [0.4, 0.5) is 0 Å². The van der Waals surface area contributed by atoms with Gasteiger partial charge in [-0.05, 0) is 18.2 Å². The summed E-state index contributed by atoms with van der Waals surface area (Å²) in [6.07, 6.45) is -0.528. The van der Waals surface area contributed by atoms with Crippen LogP contribution in [-0.2, 0) is 4.79 Å². The maximum absolute atomic E-state index is 12.0. The van der Waals surface area contributed by atoms with Crippen molar-refractivity contribution in [2.75, 3.05) is 26.7 Å². The van der Waals surface area contributed by atoms with E-state index >= 15 is 0 Å². The Labute approximate surface area is 117 Å². The quantitative estimate of drug-likeness (QED) is 0.846. The monoisotopic (exact) mass is 284 g/mol. The molecular formula is C13H17ClN2O3. The number of ether oxygens (including phenoxy) is 1. The van der Waals surface area contributed by atoms with Crippen molar-refractivity contribution in [3.8, 4) is 5.75 Å². The third-order valence-corrected chi connectivity index (χ3v) is 3.44. The standard InChI is InChI=1S/C13H17ClN2O3/c1-16(11-6-15-7-12(11)17)13(18)8-19-10-4-2-3-9(14)5-10/h2-5,11-12,15,17H,6-8H2,1H3/t11-,12-/m1/s1. The van der Waals surface area contributed by atoms with Crippen LogP contribution in [0.2, 0.25) is 5.02 Å². The van der Waals surface area contributed by atoms with Gasteiger partial charge in [-0.25, -0.2) is 0 Å². The Hall–Kier alpha value is -1.30. The molecular weight excluding hydrogens is 268 g/mol. The maximum Gasteiger partial charge on any atom is 0.260 e. The molecule has 1 aromatic rings. The smallest absolute Gasteiger partial charge is 0.260 e. The number of carbonyl (C=O) groups excluding carboxylic acids is 1. The zero-order chi connectivity index (χ0) is 13.8. The molecule has 1 aromatic carbocycles. The van der Waals surface area contributed by atoms with Gasteiger partial charge in [0.15, 0.2) is 6.61 Å². The molecule has 1 saturated heterocycles. The van der Waals surface area contributed by atoms with Crippen molar-refractivity contribution in [3.63, 3.8) is 0 Å². The lowest BCUT2D eigenvalue weighted by Crippen LogP contribution is -2.46. The summed E-state index contributed by atoms with van der Waals surface area (Å²) in [5, 5.41) is 13.3. The highest BCUT2D eigenvalue weighted by atomic mass is 35.5. The number of β-amino-alcohol motifs (C(OH)–C–C–N with tert-alkyl or cyclic N) is 1. The number of hydrogen-bond acceptors (Lipinski definition) is 4. The van der Waals surface area contributed by atoms with Crippen LogP contribution in [0.3, 0.4) is 0 Å². The van der Waals surface area contributed by atoms with Crippen LogP contribution < -0.4 is 10.1 Å². The van der Waals surface area contributed by atoms with Gasteiger partial charge >= 0.3 is 0 Å². The average molecular weight is 285 g/mol. The number of nitrogens with one attached hydrogen (secondary N) is 1. The third kappa shape index (κ3) is 3.59. The van der Waals surface area contributed by atoms with Crippen LogP contribution >= 0.6 is 11.6 Å². The lowest BCUT2D eigenvalue weighted by atomic mass is 10.2. The highest BCUT2D eigenvalue weighted by Crippen LogP contribution is 2.17. The predicted octanol–water partition coefficient (Wildman–Crippen LogP) is 0.510. The minimum atomic E-state index is -0.528. The first-order chi connectivity index (χ1) is 9.08. The van der Waals surface area contributed by atoms with Crippen LogP contribution in [0.15, 0.2) is 24.3 Å². The van der Waals surface area contributed by atoms with Gasteiger partial charge in [-0.3, -0.25) is 4.79 Å². The molecule has 0 bridgehead atoms. The molecule has 1 aliphatic rings. The summed E-state index contributed by atoms with van der Waals surface area (Å²) in [4.78, 5) is 13.5. The Bertz CT molecular complexity index is 455. The molecule has 0 aromatic heterocycles. The Morgan fingerprint density at radius 3 is 3.00 bits per heavy atom. The molecule has 1 aliphatic heterocycles. The van der Waals surface area contributed by atoms with Crippen molar-refractivity contribution in [2.24, 2.45) is 0 Å². The Balaban J connectivity index is 1.87. The maximum atomic E-state index is 12.0. The van der Waals surface area contributed by atoms with Gasteiger partial charge in [0, 0.05) is 25.2 Å². The SMILES string of the molecule is CN(C(=O)COc1cccc(Cl)c1)[C@@H]1CNC[C@H]1O. The zero-order valence-electron chi connectivity index (χ0n) is 10.7. The second kappa shape index (κ2) is 6.23. The fourth-order valence-corrected chi connectivity index (χ4v) is 2.22. The molecule has 1 fully saturated rings. The lowest BCUT2D eigenvalue weighted by molar-refractivity contribution is -0.135. The molecule has 104 valence electrons. The number of carbonyl (C=O) groups is 1. The third-order valence-electron chi connectivity index (χ3n) is 3.20. The fourth-order valence-electron chi connectivity index (χ4n) is 2.03. The number of nitrogens with zero attached hydrogens (tertiary/aromatic N) is 1. The van der Waals surface area contributed by atoms with E-state index < -0.39 is 6.10 Å². The van der Waals surface area contributed by atoms with Crippen molar-refractivity contribution in [1.82, 2.24) is 10.2 Å². The first kappa shape index (κ1) is 14.1.